The molecular weight excluding hydrogens is 327 g/mol. The molecular formula is C13H15IN2O. The van der Waals surface area contributed by atoms with E-state index < -0.39 is 0 Å². The minimum atomic E-state index is 0.712. The van der Waals surface area contributed by atoms with Crippen molar-refractivity contribution in [1.82, 2.24) is 9.78 Å². The van der Waals surface area contributed by atoms with Gasteiger partial charge in [-0.25, -0.2) is 0 Å². The van der Waals surface area contributed by atoms with Gasteiger partial charge in [0.15, 0.2) is 0 Å². The molecule has 0 aliphatic rings. The molecule has 1 aromatic carbocycles. The van der Waals surface area contributed by atoms with Crippen LogP contribution in [0.3, 0.4) is 0 Å². The fraction of sp³-hybridized carbons (Fsp3) is 0.308. The van der Waals surface area contributed by atoms with Gasteiger partial charge in [-0.1, -0.05) is 12.1 Å². The summed E-state index contributed by atoms with van der Waals surface area (Å²) in [5.74, 6) is 0. The Labute approximate surface area is 115 Å². The minimum Gasteiger partial charge on any atom is -0.380 e. The number of ether oxygens (including phenoxy) is 1. The molecule has 0 saturated heterocycles. The molecule has 4 heteroatoms. The summed E-state index contributed by atoms with van der Waals surface area (Å²) in [4.78, 5) is 0. The van der Waals surface area contributed by atoms with E-state index in [2.05, 4.69) is 58.2 Å². The van der Waals surface area contributed by atoms with Crippen LogP contribution in [0.15, 0.2) is 36.7 Å². The number of benzene rings is 1. The summed E-state index contributed by atoms with van der Waals surface area (Å²) in [6.07, 6.45) is 3.96. The Bertz CT molecular complexity index is 482. The van der Waals surface area contributed by atoms with Crippen LogP contribution in [-0.2, 0) is 11.3 Å². The molecule has 0 amide bonds. The fourth-order valence-electron chi connectivity index (χ4n) is 1.61. The first-order valence-corrected chi connectivity index (χ1v) is 6.73. The highest BCUT2D eigenvalue weighted by molar-refractivity contribution is 14.1. The van der Waals surface area contributed by atoms with E-state index in [1.807, 2.05) is 17.8 Å². The van der Waals surface area contributed by atoms with Gasteiger partial charge in [-0.15, -0.1) is 0 Å². The van der Waals surface area contributed by atoms with Gasteiger partial charge in [-0.2, -0.15) is 5.10 Å². The molecule has 2 aromatic rings. The zero-order chi connectivity index (χ0) is 12.1. The largest absolute Gasteiger partial charge is 0.380 e. The Hall–Kier alpha value is -0.880. The Morgan fingerprint density at radius 1 is 1.35 bits per heavy atom. The first kappa shape index (κ1) is 12.6. The summed E-state index contributed by atoms with van der Waals surface area (Å²) in [5, 5.41) is 4.33. The molecule has 0 aliphatic heterocycles. The van der Waals surface area contributed by atoms with Gasteiger partial charge in [-0.05, 0) is 47.2 Å². The van der Waals surface area contributed by atoms with Gasteiger partial charge in [0.1, 0.15) is 0 Å². The Balaban J connectivity index is 2.07. The molecule has 0 atom stereocenters. The monoisotopic (exact) mass is 342 g/mol. The second-order valence-corrected chi connectivity index (χ2v) is 4.94. The molecule has 2 rings (SSSR count). The van der Waals surface area contributed by atoms with Crippen LogP contribution in [0, 0.1) is 3.57 Å². The quantitative estimate of drug-likeness (QED) is 0.616. The summed E-state index contributed by atoms with van der Waals surface area (Å²) in [5.41, 5.74) is 2.36. The smallest absolute Gasteiger partial charge is 0.0662 e. The average Bonchev–Trinajstić information content (AvgIpc) is 2.78. The van der Waals surface area contributed by atoms with Crippen molar-refractivity contribution in [3.05, 3.63) is 40.2 Å². The van der Waals surface area contributed by atoms with E-state index in [1.54, 1.807) is 0 Å². The summed E-state index contributed by atoms with van der Waals surface area (Å²) in [6, 6.07) is 8.41. The van der Waals surface area contributed by atoms with Crippen LogP contribution in [0.1, 0.15) is 6.92 Å². The van der Waals surface area contributed by atoms with Crippen LogP contribution in [0.25, 0.3) is 11.1 Å². The Kier molecular flexibility index (Phi) is 4.56. The van der Waals surface area contributed by atoms with Crippen molar-refractivity contribution in [1.29, 1.82) is 0 Å². The summed E-state index contributed by atoms with van der Waals surface area (Å²) < 4.78 is 8.47. The lowest BCUT2D eigenvalue weighted by Gasteiger charge is -2.01. The Morgan fingerprint density at radius 2 is 2.24 bits per heavy atom. The van der Waals surface area contributed by atoms with E-state index in [-0.39, 0.29) is 0 Å². The van der Waals surface area contributed by atoms with E-state index in [1.165, 1.54) is 9.13 Å². The number of hydrogen-bond donors (Lipinski definition) is 0. The highest BCUT2D eigenvalue weighted by atomic mass is 127. The third-order valence-corrected chi connectivity index (χ3v) is 3.13. The van der Waals surface area contributed by atoms with Gasteiger partial charge in [0.05, 0.1) is 19.3 Å². The van der Waals surface area contributed by atoms with E-state index in [4.69, 9.17) is 4.74 Å². The molecule has 1 heterocycles. The van der Waals surface area contributed by atoms with E-state index >= 15 is 0 Å². The highest BCUT2D eigenvalue weighted by Crippen LogP contribution is 2.20. The summed E-state index contributed by atoms with van der Waals surface area (Å²) in [6.45, 7) is 4.27. The normalized spacial score (nSPS) is 10.7. The molecule has 0 radical (unpaired) electrons. The minimum absolute atomic E-state index is 0.712. The van der Waals surface area contributed by atoms with Crippen LogP contribution in [-0.4, -0.2) is 23.0 Å². The molecule has 90 valence electrons. The predicted molar refractivity (Wildman–Crippen MR) is 76.9 cm³/mol. The van der Waals surface area contributed by atoms with Crippen molar-refractivity contribution in [2.75, 3.05) is 13.2 Å². The van der Waals surface area contributed by atoms with Gasteiger partial charge < -0.3 is 4.74 Å². The van der Waals surface area contributed by atoms with Crippen molar-refractivity contribution in [3.63, 3.8) is 0 Å². The van der Waals surface area contributed by atoms with E-state index in [9.17, 15) is 0 Å². The third kappa shape index (κ3) is 3.54. The van der Waals surface area contributed by atoms with Gasteiger partial charge >= 0.3 is 0 Å². The number of nitrogens with zero attached hydrogens (tertiary/aromatic N) is 2. The molecule has 1 aromatic heterocycles. The number of rotatable bonds is 5. The predicted octanol–water partition coefficient (Wildman–Crippen LogP) is 3.19. The summed E-state index contributed by atoms with van der Waals surface area (Å²) in [7, 11) is 0. The lowest BCUT2D eigenvalue weighted by atomic mass is 10.1. The molecule has 17 heavy (non-hydrogen) atoms. The molecule has 0 spiro atoms. The van der Waals surface area contributed by atoms with Crippen molar-refractivity contribution < 1.29 is 4.74 Å². The SMILES string of the molecule is CCOCCn1cc(-c2cccc(I)c2)cn1. The first-order valence-electron chi connectivity index (χ1n) is 5.65. The maximum Gasteiger partial charge on any atom is 0.0662 e. The zero-order valence-electron chi connectivity index (χ0n) is 9.77. The van der Waals surface area contributed by atoms with Gasteiger partial charge in [0.2, 0.25) is 0 Å². The summed E-state index contributed by atoms with van der Waals surface area (Å²) >= 11 is 2.32. The first-order chi connectivity index (χ1) is 8.29. The second kappa shape index (κ2) is 6.16. The van der Waals surface area contributed by atoms with Crippen LogP contribution in [0.2, 0.25) is 0 Å². The van der Waals surface area contributed by atoms with Crippen LogP contribution < -0.4 is 0 Å². The molecule has 0 unspecified atom stereocenters. The van der Waals surface area contributed by atoms with E-state index in [0.717, 1.165) is 18.7 Å². The standard InChI is InChI=1S/C13H15IN2O/c1-2-17-7-6-16-10-12(9-15-16)11-4-3-5-13(14)8-11/h3-5,8-10H,2,6-7H2,1H3. The van der Waals surface area contributed by atoms with Gasteiger partial charge in [0, 0.05) is 21.9 Å². The third-order valence-electron chi connectivity index (χ3n) is 2.46. The lowest BCUT2D eigenvalue weighted by molar-refractivity contribution is 0.136. The fourth-order valence-corrected chi connectivity index (χ4v) is 2.15. The molecule has 0 aliphatic carbocycles. The average molecular weight is 342 g/mol. The number of halogens is 1. The molecule has 3 nitrogen and oxygen atoms in total. The Morgan fingerprint density at radius 3 is 3.00 bits per heavy atom. The molecule has 0 saturated carbocycles. The maximum absolute atomic E-state index is 5.31. The van der Waals surface area contributed by atoms with Crippen molar-refractivity contribution in [2.45, 2.75) is 13.5 Å². The highest BCUT2D eigenvalue weighted by Gasteiger charge is 2.01. The van der Waals surface area contributed by atoms with Crippen molar-refractivity contribution >= 4 is 22.6 Å². The molecule has 0 fully saturated rings. The zero-order valence-corrected chi connectivity index (χ0v) is 11.9. The molecule has 0 bridgehead atoms. The van der Waals surface area contributed by atoms with Crippen molar-refractivity contribution in [3.8, 4) is 11.1 Å². The van der Waals surface area contributed by atoms with Crippen molar-refractivity contribution in [2.24, 2.45) is 0 Å². The maximum atomic E-state index is 5.31. The second-order valence-electron chi connectivity index (χ2n) is 3.70. The topological polar surface area (TPSA) is 27.1 Å². The van der Waals surface area contributed by atoms with Gasteiger partial charge in [0.25, 0.3) is 0 Å². The lowest BCUT2D eigenvalue weighted by Crippen LogP contribution is -2.05. The van der Waals surface area contributed by atoms with Gasteiger partial charge in [-0.3, -0.25) is 4.68 Å². The van der Waals surface area contributed by atoms with Crippen LogP contribution in [0.4, 0.5) is 0 Å². The van der Waals surface area contributed by atoms with E-state index in [0.29, 0.717) is 6.61 Å². The van der Waals surface area contributed by atoms with Crippen LogP contribution in [0.5, 0.6) is 0 Å². The number of hydrogen-bond acceptors (Lipinski definition) is 2. The number of aromatic nitrogens is 2. The molecule has 0 N–H and O–H groups in total. The van der Waals surface area contributed by atoms with Crippen LogP contribution >= 0.6 is 22.6 Å².